The van der Waals surface area contributed by atoms with Gasteiger partial charge in [0.05, 0.1) is 7.11 Å². The zero-order chi connectivity index (χ0) is 19.6. The number of nitrogens with zero attached hydrogens (tertiary/aromatic N) is 1. The molecule has 1 aromatic heterocycles. The van der Waals surface area contributed by atoms with E-state index in [9.17, 15) is 14.4 Å². The average Bonchev–Trinajstić information content (AvgIpc) is 2.67. The van der Waals surface area contributed by atoms with Crippen LogP contribution in [0.3, 0.4) is 0 Å². The second-order valence-electron chi connectivity index (χ2n) is 6.91. The highest BCUT2D eigenvalue weighted by Crippen LogP contribution is 2.25. The second kappa shape index (κ2) is 7.82. The van der Waals surface area contributed by atoms with Gasteiger partial charge in [-0.2, -0.15) is 0 Å². The lowest BCUT2D eigenvalue weighted by Crippen LogP contribution is -2.41. The summed E-state index contributed by atoms with van der Waals surface area (Å²) in [4.78, 5) is 37.8. The number of nitrogens with two attached hydrogens (primary N) is 1. The van der Waals surface area contributed by atoms with Crippen molar-refractivity contribution in [3.05, 3.63) is 39.7 Å². The van der Waals surface area contributed by atoms with Crippen molar-refractivity contribution < 1.29 is 18.7 Å². The van der Waals surface area contributed by atoms with Crippen LogP contribution in [0.2, 0.25) is 0 Å². The molecule has 7 heteroatoms. The summed E-state index contributed by atoms with van der Waals surface area (Å²) in [7, 11) is 1.55. The van der Waals surface area contributed by atoms with Crippen LogP contribution >= 0.6 is 0 Å². The Morgan fingerprint density at radius 2 is 2.00 bits per heavy atom. The summed E-state index contributed by atoms with van der Waals surface area (Å²) in [5.41, 5.74) is 6.72. The third kappa shape index (κ3) is 3.97. The van der Waals surface area contributed by atoms with Gasteiger partial charge in [0.25, 0.3) is 0 Å². The van der Waals surface area contributed by atoms with Gasteiger partial charge in [-0.25, -0.2) is 4.79 Å². The Kier molecular flexibility index (Phi) is 5.48. The number of methoxy groups -OCH3 is 1. The molecule has 0 unspecified atom stereocenters. The molecule has 3 rings (SSSR count). The van der Waals surface area contributed by atoms with Crippen molar-refractivity contribution in [1.82, 2.24) is 4.90 Å². The van der Waals surface area contributed by atoms with Gasteiger partial charge >= 0.3 is 5.63 Å². The molecule has 7 nitrogen and oxygen atoms in total. The molecule has 1 aliphatic heterocycles. The van der Waals surface area contributed by atoms with Crippen LogP contribution in [0.4, 0.5) is 0 Å². The van der Waals surface area contributed by atoms with E-state index in [0.717, 1.165) is 10.9 Å². The lowest BCUT2D eigenvalue weighted by molar-refractivity contribution is -0.134. The van der Waals surface area contributed by atoms with Gasteiger partial charge in [0.15, 0.2) is 0 Å². The second-order valence-corrected chi connectivity index (χ2v) is 6.91. The molecule has 1 saturated heterocycles. The predicted molar refractivity (Wildman–Crippen MR) is 101 cm³/mol. The standard InChI is InChI=1S/C20H24N2O5/c1-12-15-4-3-14(26-2)11-17(15)27-20(25)16(12)5-6-18(23)22-9-7-13(8-10-22)19(21)24/h3-4,11,13H,5-10H2,1-2H3,(H2,21,24). The molecule has 0 bridgehead atoms. The molecule has 2 amide bonds. The summed E-state index contributed by atoms with van der Waals surface area (Å²) >= 11 is 0. The number of ether oxygens (including phenoxy) is 1. The van der Waals surface area contributed by atoms with Crippen molar-refractivity contribution in [3.8, 4) is 5.75 Å². The van der Waals surface area contributed by atoms with Crippen LogP contribution in [0, 0.1) is 12.8 Å². The minimum Gasteiger partial charge on any atom is -0.497 e. The predicted octanol–water partition coefficient (Wildman–Crippen LogP) is 1.77. The van der Waals surface area contributed by atoms with Crippen molar-refractivity contribution in [2.75, 3.05) is 20.2 Å². The summed E-state index contributed by atoms with van der Waals surface area (Å²) in [5, 5.41) is 0.833. The van der Waals surface area contributed by atoms with E-state index in [2.05, 4.69) is 0 Å². The number of rotatable bonds is 5. The fourth-order valence-electron chi connectivity index (χ4n) is 3.59. The summed E-state index contributed by atoms with van der Waals surface area (Å²) in [6, 6.07) is 5.35. The normalized spacial score (nSPS) is 15.1. The summed E-state index contributed by atoms with van der Waals surface area (Å²) < 4.78 is 10.6. The van der Waals surface area contributed by atoms with Crippen LogP contribution in [-0.2, 0) is 16.0 Å². The van der Waals surface area contributed by atoms with E-state index in [0.29, 0.717) is 49.2 Å². The van der Waals surface area contributed by atoms with Crippen LogP contribution in [0.15, 0.2) is 27.4 Å². The molecule has 0 spiro atoms. The van der Waals surface area contributed by atoms with Crippen LogP contribution in [-0.4, -0.2) is 36.9 Å². The maximum atomic E-state index is 12.5. The molecule has 0 radical (unpaired) electrons. The first-order chi connectivity index (χ1) is 12.9. The van der Waals surface area contributed by atoms with Gasteiger partial charge < -0.3 is 19.8 Å². The van der Waals surface area contributed by atoms with E-state index in [1.54, 1.807) is 18.1 Å². The number of aryl methyl sites for hydroxylation is 1. The van der Waals surface area contributed by atoms with E-state index < -0.39 is 5.63 Å². The molecule has 0 saturated carbocycles. The van der Waals surface area contributed by atoms with Gasteiger partial charge in [0.1, 0.15) is 11.3 Å². The largest absolute Gasteiger partial charge is 0.497 e. The third-order valence-electron chi connectivity index (χ3n) is 5.33. The highest BCUT2D eigenvalue weighted by molar-refractivity contribution is 5.83. The highest BCUT2D eigenvalue weighted by Gasteiger charge is 2.26. The lowest BCUT2D eigenvalue weighted by Gasteiger charge is -2.30. The zero-order valence-electron chi connectivity index (χ0n) is 15.6. The van der Waals surface area contributed by atoms with Crippen molar-refractivity contribution in [2.45, 2.75) is 32.6 Å². The third-order valence-corrected chi connectivity index (χ3v) is 5.33. The fourth-order valence-corrected chi connectivity index (χ4v) is 3.59. The van der Waals surface area contributed by atoms with E-state index in [1.807, 2.05) is 19.1 Å². The molecule has 2 heterocycles. The molecule has 1 fully saturated rings. The van der Waals surface area contributed by atoms with Crippen molar-refractivity contribution in [1.29, 1.82) is 0 Å². The Hall–Kier alpha value is -2.83. The topological polar surface area (TPSA) is 103 Å². The highest BCUT2D eigenvalue weighted by atomic mass is 16.5. The van der Waals surface area contributed by atoms with Crippen molar-refractivity contribution in [3.63, 3.8) is 0 Å². The van der Waals surface area contributed by atoms with Crippen molar-refractivity contribution >= 4 is 22.8 Å². The van der Waals surface area contributed by atoms with E-state index >= 15 is 0 Å². The lowest BCUT2D eigenvalue weighted by atomic mass is 9.95. The number of amides is 2. The number of hydrogen-bond donors (Lipinski definition) is 1. The number of hydrogen-bond acceptors (Lipinski definition) is 5. The summed E-state index contributed by atoms with van der Waals surface area (Å²) in [6.45, 7) is 2.92. The van der Waals surface area contributed by atoms with Gasteiger partial charge in [-0.15, -0.1) is 0 Å². The molecule has 2 aromatic rings. The SMILES string of the molecule is COc1ccc2c(C)c(CCC(=O)N3CCC(C(N)=O)CC3)c(=O)oc2c1. The number of fused-ring (bicyclic) bond motifs is 1. The number of carbonyl (C=O) groups is 2. The molecular formula is C20H24N2O5. The first-order valence-electron chi connectivity index (χ1n) is 9.08. The maximum Gasteiger partial charge on any atom is 0.339 e. The van der Waals surface area contributed by atoms with Crippen molar-refractivity contribution in [2.24, 2.45) is 11.7 Å². The smallest absolute Gasteiger partial charge is 0.339 e. The number of piperidine rings is 1. The molecule has 144 valence electrons. The first kappa shape index (κ1) is 18.9. The minimum atomic E-state index is -0.423. The molecule has 27 heavy (non-hydrogen) atoms. The Bertz CT molecular complexity index is 926. The van der Waals surface area contributed by atoms with E-state index in [1.165, 1.54) is 0 Å². The molecular weight excluding hydrogens is 348 g/mol. The van der Waals surface area contributed by atoms with Gasteiger partial charge in [-0.1, -0.05) is 0 Å². The number of benzene rings is 1. The number of likely N-dealkylation sites (tertiary alicyclic amines) is 1. The fraction of sp³-hybridized carbons (Fsp3) is 0.450. The van der Waals surface area contributed by atoms with Crippen LogP contribution in [0.5, 0.6) is 5.75 Å². The molecule has 1 aromatic carbocycles. The van der Waals surface area contributed by atoms with Gasteiger partial charge in [0.2, 0.25) is 11.8 Å². The first-order valence-corrected chi connectivity index (χ1v) is 9.08. The molecule has 1 aliphatic rings. The summed E-state index contributed by atoms with van der Waals surface area (Å²) in [6.07, 6.45) is 1.75. The number of primary amides is 1. The van der Waals surface area contributed by atoms with Crippen LogP contribution in [0.25, 0.3) is 11.0 Å². The maximum absolute atomic E-state index is 12.5. The summed E-state index contributed by atoms with van der Waals surface area (Å²) in [5.74, 6) is 0.142. The Labute approximate surface area is 157 Å². The minimum absolute atomic E-state index is 0.0217. The average molecular weight is 372 g/mol. The van der Waals surface area contributed by atoms with Gasteiger partial charge in [-0.05, 0) is 43.9 Å². The quantitative estimate of drug-likeness (QED) is 0.806. The number of carbonyl (C=O) groups excluding carboxylic acids is 2. The zero-order valence-corrected chi connectivity index (χ0v) is 15.6. The monoisotopic (exact) mass is 372 g/mol. The Balaban J connectivity index is 1.71. The van der Waals surface area contributed by atoms with E-state index in [-0.39, 0.29) is 24.2 Å². The van der Waals surface area contributed by atoms with Gasteiger partial charge in [0, 0.05) is 42.4 Å². The molecule has 2 N–H and O–H groups in total. The van der Waals surface area contributed by atoms with Gasteiger partial charge in [-0.3, -0.25) is 9.59 Å². The Morgan fingerprint density at radius 3 is 2.63 bits per heavy atom. The Morgan fingerprint density at radius 1 is 1.30 bits per heavy atom. The molecule has 0 aliphatic carbocycles. The molecule has 0 atom stereocenters. The van der Waals surface area contributed by atoms with Crippen LogP contribution in [0.1, 0.15) is 30.4 Å². The van der Waals surface area contributed by atoms with Crippen LogP contribution < -0.4 is 16.1 Å². The van der Waals surface area contributed by atoms with E-state index in [4.69, 9.17) is 14.9 Å².